The van der Waals surface area contributed by atoms with E-state index in [-0.39, 0.29) is 17.3 Å². The summed E-state index contributed by atoms with van der Waals surface area (Å²) in [6.07, 6.45) is 1.73. The minimum atomic E-state index is -0.314. The number of aliphatic hydroxyl groups excluding tert-OH is 1. The van der Waals surface area contributed by atoms with Gasteiger partial charge < -0.3 is 14.4 Å². The van der Waals surface area contributed by atoms with Gasteiger partial charge in [-0.15, -0.1) is 10.2 Å². The molecular formula is C17H20FN3O2. The van der Waals surface area contributed by atoms with Crippen LogP contribution in [0.2, 0.25) is 0 Å². The van der Waals surface area contributed by atoms with Crippen LogP contribution in [0.5, 0.6) is 0 Å². The average Bonchev–Trinajstić information content (AvgIpc) is 2.94. The summed E-state index contributed by atoms with van der Waals surface area (Å²) in [6, 6.07) is 6.18. The van der Waals surface area contributed by atoms with Gasteiger partial charge in [0, 0.05) is 25.2 Å². The number of hydrogen-bond donors (Lipinski definition) is 1. The van der Waals surface area contributed by atoms with E-state index in [0.29, 0.717) is 23.3 Å². The molecule has 4 rings (SSSR count). The quantitative estimate of drug-likeness (QED) is 0.937. The van der Waals surface area contributed by atoms with Crippen LogP contribution in [0, 0.1) is 11.7 Å². The number of aliphatic hydroxyl groups is 1. The molecule has 0 radical (unpaired) electrons. The van der Waals surface area contributed by atoms with E-state index >= 15 is 0 Å². The second-order valence-electron chi connectivity index (χ2n) is 7.14. The maximum atomic E-state index is 13.3. The molecule has 1 aromatic carbocycles. The Balaban J connectivity index is 1.41. The highest BCUT2D eigenvalue weighted by atomic mass is 19.1. The summed E-state index contributed by atoms with van der Waals surface area (Å²) in [5.74, 6) is 1.27. The lowest BCUT2D eigenvalue weighted by Crippen LogP contribution is -2.59. The number of benzene rings is 1. The maximum Gasteiger partial charge on any atom is 0.247 e. The molecule has 0 amide bonds. The summed E-state index contributed by atoms with van der Waals surface area (Å²) in [6.45, 7) is 4.90. The van der Waals surface area contributed by atoms with Crippen LogP contribution in [-0.4, -0.2) is 45.9 Å². The molecule has 5 nitrogen and oxygen atoms in total. The summed E-state index contributed by atoms with van der Waals surface area (Å²) in [7, 11) is 0. The molecule has 0 bridgehead atoms. The van der Waals surface area contributed by atoms with Crippen molar-refractivity contribution in [1.82, 2.24) is 15.1 Å². The average molecular weight is 317 g/mol. The molecule has 6 heteroatoms. The fourth-order valence-corrected chi connectivity index (χ4v) is 3.63. The van der Waals surface area contributed by atoms with Crippen molar-refractivity contribution in [3.05, 3.63) is 36.0 Å². The first-order valence-corrected chi connectivity index (χ1v) is 8.02. The van der Waals surface area contributed by atoms with Gasteiger partial charge in [0.25, 0.3) is 0 Å². The Hall–Kier alpha value is -1.79. The Labute approximate surface area is 134 Å². The third-order valence-corrected chi connectivity index (χ3v) is 4.89. The van der Waals surface area contributed by atoms with Crippen LogP contribution in [0.15, 0.2) is 28.7 Å². The molecule has 23 heavy (non-hydrogen) atoms. The molecule has 122 valence electrons. The first-order chi connectivity index (χ1) is 11.0. The summed E-state index contributed by atoms with van der Waals surface area (Å²) < 4.78 is 19.1. The van der Waals surface area contributed by atoms with Crippen LogP contribution in [0.4, 0.5) is 4.39 Å². The fourth-order valence-electron chi connectivity index (χ4n) is 3.63. The molecule has 1 saturated carbocycles. The van der Waals surface area contributed by atoms with E-state index in [1.807, 2.05) is 0 Å². The molecule has 1 aromatic heterocycles. The monoisotopic (exact) mass is 317 g/mol. The zero-order chi connectivity index (χ0) is 16.0. The zero-order valence-electron chi connectivity index (χ0n) is 13.1. The Morgan fingerprint density at radius 3 is 2.83 bits per heavy atom. The Morgan fingerprint density at radius 2 is 2.13 bits per heavy atom. The molecule has 0 unspecified atom stereocenters. The molecular weight excluding hydrogens is 297 g/mol. The SMILES string of the molecule is CC1(c2nnc(-c3cccc(F)c3)o2)CN(CC2CC(O)C2)C1. The molecule has 1 aliphatic heterocycles. The van der Waals surface area contributed by atoms with Gasteiger partial charge in [-0.3, -0.25) is 0 Å². The summed E-state index contributed by atoms with van der Waals surface area (Å²) in [5, 5.41) is 17.6. The fraction of sp³-hybridized carbons (Fsp3) is 0.529. The minimum absolute atomic E-state index is 0.0996. The standard InChI is InChI=1S/C17H20FN3O2/c1-17(9-21(10-17)8-11-5-14(22)6-11)16-20-19-15(23-16)12-3-2-4-13(18)7-12/h2-4,7,11,14,22H,5-6,8-10H2,1H3. The number of likely N-dealkylation sites (tertiary alicyclic amines) is 1. The Morgan fingerprint density at radius 1 is 1.35 bits per heavy atom. The molecule has 2 aliphatic rings. The van der Waals surface area contributed by atoms with Crippen LogP contribution in [0.25, 0.3) is 11.5 Å². The normalized spacial score (nSPS) is 26.6. The van der Waals surface area contributed by atoms with Gasteiger partial charge >= 0.3 is 0 Å². The molecule has 2 heterocycles. The van der Waals surface area contributed by atoms with Crippen LogP contribution in [0.1, 0.15) is 25.7 Å². The van der Waals surface area contributed by atoms with Gasteiger partial charge in [-0.25, -0.2) is 4.39 Å². The zero-order valence-corrected chi connectivity index (χ0v) is 13.1. The van der Waals surface area contributed by atoms with Gasteiger partial charge in [0.2, 0.25) is 11.8 Å². The number of nitrogens with zero attached hydrogens (tertiary/aromatic N) is 3. The van der Waals surface area contributed by atoms with Crippen LogP contribution in [-0.2, 0) is 5.41 Å². The maximum absolute atomic E-state index is 13.3. The van der Waals surface area contributed by atoms with Crippen molar-refractivity contribution in [2.45, 2.75) is 31.3 Å². The van der Waals surface area contributed by atoms with Gasteiger partial charge in [0.1, 0.15) is 5.82 Å². The highest BCUT2D eigenvalue weighted by molar-refractivity contribution is 5.52. The number of aromatic nitrogens is 2. The topological polar surface area (TPSA) is 62.4 Å². The summed E-state index contributed by atoms with van der Waals surface area (Å²) >= 11 is 0. The van der Waals surface area contributed by atoms with Crippen molar-refractivity contribution >= 4 is 0 Å². The second-order valence-corrected chi connectivity index (χ2v) is 7.14. The molecule has 1 saturated heterocycles. The lowest BCUT2D eigenvalue weighted by atomic mass is 9.77. The van der Waals surface area contributed by atoms with Gasteiger partial charge in [0.05, 0.1) is 11.5 Å². The third kappa shape index (κ3) is 2.77. The van der Waals surface area contributed by atoms with Crippen LogP contribution in [0.3, 0.4) is 0 Å². The number of halogens is 1. The molecule has 0 spiro atoms. The van der Waals surface area contributed by atoms with E-state index in [0.717, 1.165) is 32.5 Å². The highest BCUT2D eigenvalue weighted by Gasteiger charge is 2.46. The summed E-state index contributed by atoms with van der Waals surface area (Å²) in [5.41, 5.74) is 0.466. The van der Waals surface area contributed by atoms with Gasteiger partial charge in [-0.2, -0.15) is 0 Å². The molecule has 2 fully saturated rings. The third-order valence-electron chi connectivity index (χ3n) is 4.89. The van der Waals surface area contributed by atoms with Gasteiger partial charge in [-0.1, -0.05) is 6.07 Å². The highest BCUT2D eigenvalue weighted by Crippen LogP contribution is 2.37. The molecule has 1 N–H and O–H groups in total. The number of hydrogen-bond acceptors (Lipinski definition) is 5. The van der Waals surface area contributed by atoms with Gasteiger partial charge in [0.15, 0.2) is 0 Å². The first kappa shape index (κ1) is 14.8. The van der Waals surface area contributed by atoms with E-state index in [9.17, 15) is 9.50 Å². The van der Waals surface area contributed by atoms with E-state index in [4.69, 9.17) is 4.42 Å². The van der Waals surface area contributed by atoms with Crippen molar-refractivity contribution in [2.24, 2.45) is 5.92 Å². The van der Waals surface area contributed by atoms with Crippen molar-refractivity contribution in [2.75, 3.05) is 19.6 Å². The first-order valence-electron chi connectivity index (χ1n) is 8.02. The number of rotatable bonds is 4. The Bertz CT molecular complexity index is 705. The van der Waals surface area contributed by atoms with E-state index in [1.165, 1.54) is 12.1 Å². The molecule has 2 aromatic rings. The molecule has 0 atom stereocenters. The largest absolute Gasteiger partial charge is 0.420 e. The Kier molecular flexibility index (Phi) is 3.46. The predicted octanol–water partition coefficient (Wildman–Crippen LogP) is 2.22. The predicted molar refractivity (Wildman–Crippen MR) is 82.2 cm³/mol. The second kappa shape index (κ2) is 5.39. The van der Waals surface area contributed by atoms with Crippen molar-refractivity contribution in [3.8, 4) is 11.5 Å². The van der Waals surface area contributed by atoms with Gasteiger partial charge in [-0.05, 0) is 43.9 Å². The lowest BCUT2D eigenvalue weighted by Gasteiger charge is -2.48. The van der Waals surface area contributed by atoms with E-state index in [1.54, 1.807) is 12.1 Å². The lowest BCUT2D eigenvalue weighted by molar-refractivity contribution is -0.0138. The van der Waals surface area contributed by atoms with Crippen LogP contribution < -0.4 is 0 Å². The van der Waals surface area contributed by atoms with Crippen molar-refractivity contribution < 1.29 is 13.9 Å². The van der Waals surface area contributed by atoms with Crippen LogP contribution >= 0.6 is 0 Å². The minimum Gasteiger partial charge on any atom is -0.420 e. The van der Waals surface area contributed by atoms with Crippen molar-refractivity contribution in [3.63, 3.8) is 0 Å². The smallest absolute Gasteiger partial charge is 0.247 e. The van der Waals surface area contributed by atoms with E-state index in [2.05, 4.69) is 22.0 Å². The molecule has 1 aliphatic carbocycles. The summed E-state index contributed by atoms with van der Waals surface area (Å²) in [4.78, 5) is 2.36. The van der Waals surface area contributed by atoms with E-state index < -0.39 is 0 Å². The van der Waals surface area contributed by atoms with Crippen molar-refractivity contribution in [1.29, 1.82) is 0 Å².